The minimum atomic E-state index is -0.336. The number of H-pyrrole nitrogens is 1. The summed E-state index contributed by atoms with van der Waals surface area (Å²) in [6.45, 7) is 0.270. The van der Waals surface area contributed by atoms with Gasteiger partial charge in [-0.15, -0.1) is 11.3 Å². The summed E-state index contributed by atoms with van der Waals surface area (Å²) in [5, 5.41) is 21.5. The first kappa shape index (κ1) is 17.8. The molecule has 4 aromatic rings. The predicted molar refractivity (Wildman–Crippen MR) is 103 cm³/mol. The monoisotopic (exact) mass is 396 g/mol. The molecule has 4 aromatic heterocycles. The van der Waals surface area contributed by atoms with Crippen LogP contribution in [0.4, 0.5) is 0 Å². The lowest BCUT2D eigenvalue weighted by Gasteiger charge is -2.06. The average Bonchev–Trinajstić information content (AvgIpc) is 3.45. The highest BCUT2D eigenvalue weighted by Gasteiger charge is 2.25. The number of nitrogens with one attached hydrogen (secondary N) is 3. The summed E-state index contributed by atoms with van der Waals surface area (Å²) < 4.78 is 3.87. The number of fused-ring (bicyclic) bond motifs is 1. The van der Waals surface area contributed by atoms with E-state index >= 15 is 0 Å². The molecule has 11 heteroatoms. The number of carbonyl (C=O) groups is 2. The minimum Gasteiger partial charge on any atom is -0.345 e. The van der Waals surface area contributed by atoms with Crippen molar-refractivity contribution in [1.29, 1.82) is 5.41 Å². The molecule has 0 aliphatic rings. The Hall–Kier alpha value is -3.60. The molecule has 4 rings (SSSR count). The van der Waals surface area contributed by atoms with Crippen molar-refractivity contribution in [2.24, 2.45) is 14.1 Å². The molecule has 0 aliphatic carbocycles. The van der Waals surface area contributed by atoms with Crippen LogP contribution in [0, 0.1) is 5.41 Å². The molecular weight excluding hydrogens is 380 g/mol. The normalized spacial score (nSPS) is 11.1. The van der Waals surface area contributed by atoms with Gasteiger partial charge in [0, 0.05) is 38.3 Å². The van der Waals surface area contributed by atoms with Gasteiger partial charge in [0.25, 0.3) is 5.91 Å². The number of aromatic nitrogens is 6. The second kappa shape index (κ2) is 6.85. The van der Waals surface area contributed by atoms with Gasteiger partial charge in [0.1, 0.15) is 11.4 Å². The van der Waals surface area contributed by atoms with E-state index in [0.717, 1.165) is 23.2 Å². The third-order valence-corrected chi connectivity index (χ3v) is 5.32. The molecule has 0 unspecified atom stereocenters. The molecule has 0 bridgehead atoms. The van der Waals surface area contributed by atoms with Gasteiger partial charge in [-0.25, -0.2) is 4.98 Å². The third kappa shape index (κ3) is 2.91. The number of carbonyl (C=O) groups excluding carboxylic acids is 2. The molecule has 0 aromatic carbocycles. The molecule has 28 heavy (non-hydrogen) atoms. The molecule has 3 N–H and O–H groups in total. The Morgan fingerprint density at radius 3 is 2.82 bits per heavy atom. The molecule has 0 radical (unpaired) electrons. The van der Waals surface area contributed by atoms with Gasteiger partial charge in [0.2, 0.25) is 5.78 Å². The van der Waals surface area contributed by atoms with E-state index < -0.39 is 0 Å². The van der Waals surface area contributed by atoms with Crippen molar-refractivity contribution in [2.45, 2.75) is 6.54 Å². The Kier molecular flexibility index (Phi) is 4.35. The van der Waals surface area contributed by atoms with E-state index in [4.69, 9.17) is 5.41 Å². The molecule has 0 spiro atoms. The fourth-order valence-electron chi connectivity index (χ4n) is 2.92. The van der Waals surface area contributed by atoms with Gasteiger partial charge in [-0.3, -0.25) is 19.4 Å². The minimum absolute atomic E-state index is 0.260. The van der Waals surface area contributed by atoms with Crippen LogP contribution in [0.3, 0.4) is 0 Å². The second-order valence-electron chi connectivity index (χ2n) is 6.09. The van der Waals surface area contributed by atoms with Crippen molar-refractivity contribution in [1.82, 2.24) is 34.8 Å². The summed E-state index contributed by atoms with van der Waals surface area (Å²) in [5.74, 6) is -0.642. The van der Waals surface area contributed by atoms with Gasteiger partial charge in [-0.1, -0.05) is 0 Å². The van der Waals surface area contributed by atoms with E-state index in [-0.39, 0.29) is 28.9 Å². The zero-order chi connectivity index (χ0) is 19.8. The van der Waals surface area contributed by atoms with Crippen molar-refractivity contribution in [2.75, 3.05) is 0 Å². The molecule has 0 saturated carbocycles. The fourth-order valence-corrected chi connectivity index (χ4v) is 3.99. The lowest BCUT2D eigenvalue weighted by molar-refractivity contribution is 0.0942. The van der Waals surface area contributed by atoms with Crippen LogP contribution in [0.15, 0.2) is 24.5 Å². The number of ketones is 1. The number of rotatable bonds is 6. The standard InChI is InChI=1S/C17H16N8O2S/c1-24-6-4-9(23-24)8-19-16(27)12-10(7-18)14-15(25(12)2)21-17(28-14)13(26)11-3-5-20-22-11/h3-7,18H,8H2,1-2H3,(H,19,27)(H,20,22). The van der Waals surface area contributed by atoms with E-state index in [1.165, 1.54) is 0 Å². The number of hydrogen-bond acceptors (Lipinski definition) is 7. The number of amides is 1. The van der Waals surface area contributed by atoms with Crippen LogP contribution in [0.2, 0.25) is 0 Å². The smallest absolute Gasteiger partial charge is 0.269 e. The first-order valence-corrected chi connectivity index (χ1v) is 9.12. The maximum atomic E-state index is 12.7. The van der Waals surface area contributed by atoms with Gasteiger partial charge >= 0.3 is 0 Å². The van der Waals surface area contributed by atoms with Gasteiger partial charge in [0.15, 0.2) is 10.7 Å². The zero-order valence-corrected chi connectivity index (χ0v) is 15.9. The van der Waals surface area contributed by atoms with Crippen molar-refractivity contribution in [3.05, 3.63) is 52.2 Å². The maximum absolute atomic E-state index is 12.7. The summed E-state index contributed by atoms with van der Waals surface area (Å²) in [6, 6.07) is 3.39. The topological polar surface area (TPSA) is 134 Å². The van der Waals surface area contributed by atoms with Crippen molar-refractivity contribution in [3.8, 4) is 0 Å². The van der Waals surface area contributed by atoms with Gasteiger partial charge in [-0.2, -0.15) is 10.2 Å². The average molecular weight is 396 g/mol. The number of aryl methyl sites for hydroxylation is 2. The number of aromatic amines is 1. The number of thiazole rings is 1. The summed E-state index contributed by atoms with van der Waals surface area (Å²) in [7, 11) is 3.49. The molecule has 142 valence electrons. The number of hydrogen-bond donors (Lipinski definition) is 3. The molecule has 0 aliphatic heterocycles. The quantitative estimate of drug-likeness (QED) is 0.333. The van der Waals surface area contributed by atoms with Crippen LogP contribution in [0.25, 0.3) is 10.3 Å². The highest BCUT2D eigenvalue weighted by molar-refractivity contribution is 7.20. The Morgan fingerprint density at radius 2 is 2.18 bits per heavy atom. The maximum Gasteiger partial charge on any atom is 0.269 e. The van der Waals surface area contributed by atoms with E-state index in [1.807, 2.05) is 6.07 Å². The van der Waals surface area contributed by atoms with Gasteiger partial charge in [-0.05, 0) is 12.1 Å². The largest absolute Gasteiger partial charge is 0.345 e. The zero-order valence-electron chi connectivity index (χ0n) is 15.1. The van der Waals surface area contributed by atoms with Crippen molar-refractivity contribution >= 4 is 39.6 Å². The fraction of sp³-hybridized carbons (Fsp3) is 0.176. The summed E-state index contributed by atoms with van der Waals surface area (Å²) in [5.41, 5.74) is 2.22. The molecule has 0 atom stereocenters. The van der Waals surface area contributed by atoms with Crippen molar-refractivity contribution < 1.29 is 9.59 Å². The van der Waals surface area contributed by atoms with Crippen molar-refractivity contribution in [3.63, 3.8) is 0 Å². The molecule has 0 fully saturated rings. The summed E-state index contributed by atoms with van der Waals surface area (Å²) in [4.78, 5) is 29.6. The Balaban J connectivity index is 1.66. The summed E-state index contributed by atoms with van der Waals surface area (Å²) >= 11 is 1.14. The van der Waals surface area contributed by atoms with E-state index in [2.05, 4.69) is 25.6 Å². The van der Waals surface area contributed by atoms with Crippen LogP contribution in [-0.4, -0.2) is 47.4 Å². The molecule has 0 saturated heterocycles. The van der Waals surface area contributed by atoms with Crippen LogP contribution in [0.1, 0.15) is 37.2 Å². The molecule has 10 nitrogen and oxygen atoms in total. The SMILES string of the molecule is Cn1ccc(CNC(=O)c2c(C=N)c3sc(C(=O)c4cc[nH]n4)nc3n2C)n1. The number of nitrogens with zero attached hydrogens (tertiary/aromatic N) is 5. The first-order valence-electron chi connectivity index (χ1n) is 8.30. The van der Waals surface area contributed by atoms with E-state index in [0.29, 0.717) is 21.6 Å². The highest BCUT2D eigenvalue weighted by Crippen LogP contribution is 2.30. The lowest BCUT2D eigenvalue weighted by atomic mass is 10.2. The van der Waals surface area contributed by atoms with Crippen LogP contribution in [0.5, 0.6) is 0 Å². The molecular formula is C17H16N8O2S. The lowest BCUT2D eigenvalue weighted by Crippen LogP contribution is -2.26. The van der Waals surface area contributed by atoms with Crippen LogP contribution in [-0.2, 0) is 20.6 Å². The second-order valence-corrected chi connectivity index (χ2v) is 7.09. The Bertz CT molecular complexity index is 1200. The van der Waals surface area contributed by atoms with E-state index in [9.17, 15) is 9.59 Å². The third-order valence-electron chi connectivity index (χ3n) is 4.25. The van der Waals surface area contributed by atoms with Gasteiger partial charge < -0.3 is 15.3 Å². The molecule has 1 amide bonds. The van der Waals surface area contributed by atoms with E-state index in [1.54, 1.807) is 41.8 Å². The summed E-state index contributed by atoms with van der Waals surface area (Å²) in [6.07, 6.45) is 4.47. The first-order chi connectivity index (χ1) is 13.5. The van der Waals surface area contributed by atoms with Crippen LogP contribution >= 0.6 is 11.3 Å². The Labute approximate surface area is 162 Å². The predicted octanol–water partition coefficient (Wildman–Crippen LogP) is 1.25. The Morgan fingerprint density at radius 1 is 1.36 bits per heavy atom. The highest BCUT2D eigenvalue weighted by atomic mass is 32.1. The van der Waals surface area contributed by atoms with Crippen LogP contribution < -0.4 is 5.32 Å². The van der Waals surface area contributed by atoms with Gasteiger partial charge in [0.05, 0.1) is 16.9 Å². The molecule has 4 heterocycles.